The van der Waals surface area contributed by atoms with Crippen molar-refractivity contribution >= 4 is 46.4 Å². The molecule has 1 aliphatic rings. The van der Waals surface area contributed by atoms with Gasteiger partial charge in [0, 0.05) is 16.6 Å². The molecule has 0 aromatic heterocycles. The maximum atomic E-state index is 12.4. The summed E-state index contributed by atoms with van der Waals surface area (Å²) in [6.45, 7) is 1.84. The summed E-state index contributed by atoms with van der Waals surface area (Å²) in [4.78, 5) is 24.6. The first kappa shape index (κ1) is 21.3. The van der Waals surface area contributed by atoms with Crippen LogP contribution in [0.25, 0.3) is 0 Å². The summed E-state index contributed by atoms with van der Waals surface area (Å²) in [6.07, 6.45) is 5.29. The summed E-state index contributed by atoms with van der Waals surface area (Å²) in [5.74, 6) is -0.255. The Balaban J connectivity index is 1.60. The Kier molecular flexibility index (Phi) is 7.29. The molecule has 7 heteroatoms. The monoisotopic (exact) mass is 431 g/mol. The molecule has 2 N–H and O–H groups in total. The van der Waals surface area contributed by atoms with Gasteiger partial charge in [-0.1, -0.05) is 54.6 Å². The van der Waals surface area contributed by atoms with Crippen LogP contribution in [0.5, 0.6) is 0 Å². The zero-order valence-electron chi connectivity index (χ0n) is 16.2. The Bertz CT molecular complexity index is 920. The van der Waals surface area contributed by atoms with Crippen molar-refractivity contribution in [3.63, 3.8) is 0 Å². The molecule has 0 aliphatic heterocycles. The van der Waals surface area contributed by atoms with Crippen LogP contribution >= 0.6 is 23.2 Å². The summed E-state index contributed by atoms with van der Waals surface area (Å²) in [5.41, 5.74) is 5.22. The number of benzene rings is 2. The van der Waals surface area contributed by atoms with Crippen molar-refractivity contribution in [2.45, 2.75) is 39.0 Å². The van der Waals surface area contributed by atoms with E-state index in [9.17, 15) is 9.59 Å². The van der Waals surface area contributed by atoms with E-state index in [0.717, 1.165) is 31.2 Å². The molecule has 0 unspecified atom stereocenters. The number of hydrogen-bond donors (Lipinski definition) is 2. The number of anilines is 1. The van der Waals surface area contributed by atoms with Crippen molar-refractivity contribution in [2.75, 3.05) is 5.32 Å². The molecular formula is C22H23Cl2N3O2. The Morgan fingerprint density at radius 1 is 1.00 bits per heavy atom. The molecule has 5 nitrogen and oxygen atoms in total. The summed E-state index contributed by atoms with van der Waals surface area (Å²) < 4.78 is 0. The van der Waals surface area contributed by atoms with Gasteiger partial charge in [0.25, 0.3) is 5.91 Å². The Labute approximate surface area is 180 Å². The number of hydrazone groups is 1. The Hall–Kier alpha value is -2.37. The third-order valence-corrected chi connectivity index (χ3v) is 5.59. The van der Waals surface area contributed by atoms with E-state index in [0.29, 0.717) is 27.0 Å². The Morgan fingerprint density at radius 2 is 1.69 bits per heavy atom. The third-order valence-electron chi connectivity index (χ3n) is 5.05. The number of amides is 2. The lowest BCUT2D eigenvalue weighted by molar-refractivity contribution is -0.125. The second-order valence-electron chi connectivity index (χ2n) is 7.16. The average molecular weight is 432 g/mol. The van der Waals surface area contributed by atoms with Crippen LogP contribution in [0.1, 0.15) is 54.9 Å². The number of hydrogen-bond acceptors (Lipinski definition) is 3. The molecule has 1 saturated carbocycles. The fraction of sp³-hybridized carbons (Fsp3) is 0.318. The van der Waals surface area contributed by atoms with E-state index >= 15 is 0 Å². The smallest absolute Gasteiger partial charge is 0.257 e. The van der Waals surface area contributed by atoms with Crippen molar-refractivity contribution in [1.29, 1.82) is 0 Å². The molecule has 29 heavy (non-hydrogen) atoms. The first-order valence-electron chi connectivity index (χ1n) is 9.65. The number of halogens is 2. The molecule has 0 radical (unpaired) electrons. The average Bonchev–Trinajstić information content (AvgIpc) is 2.72. The maximum absolute atomic E-state index is 12.4. The highest BCUT2D eigenvalue weighted by Crippen LogP contribution is 2.24. The summed E-state index contributed by atoms with van der Waals surface area (Å²) in [5, 5.41) is 7.80. The lowest BCUT2D eigenvalue weighted by atomic mass is 9.89. The fourth-order valence-electron chi connectivity index (χ4n) is 3.33. The van der Waals surface area contributed by atoms with Gasteiger partial charge in [-0.15, -0.1) is 0 Å². The van der Waals surface area contributed by atoms with Gasteiger partial charge in [-0.25, -0.2) is 5.43 Å². The van der Waals surface area contributed by atoms with E-state index in [2.05, 4.69) is 15.8 Å². The molecule has 2 amide bonds. The van der Waals surface area contributed by atoms with E-state index in [1.807, 2.05) is 19.1 Å². The predicted molar refractivity (Wildman–Crippen MR) is 118 cm³/mol. The lowest BCUT2D eigenvalue weighted by Crippen LogP contribution is -2.29. The third kappa shape index (κ3) is 5.81. The van der Waals surface area contributed by atoms with E-state index < -0.39 is 0 Å². The van der Waals surface area contributed by atoms with Crippen molar-refractivity contribution in [2.24, 2.45) is 11.0 Å². The number of nitrogens with one attached hydrogen (secondary N) is 2. The van der Waals surface area contributed by atoms with Crippen LogP contribution < -0.4 is 10.7 Å². The molecule has 152 valence electrons. The number of nitrogens with zero attached hydrogens (tertiary/aromatic N) is 1. The normalized spacial score (nSPS) is 15.1. The zero-order valence-corrected chi connectivity index (χ0v) is 17.7. The van der Waals surface area contributed by atoms with Gasteiger partial charge >= 0.3 is 0 Å². The minimum absolute atomic E-state index is 0.00669. The largest absolute Gasteiger partial charge is 0.322 e. The van der Waals surface area contributed by atoms with Crippen molar-refractivity contribution in [3.8, 4) is 0 Å². The van der Waals surface area contributed by atoms with Crippen molar-refractivity contribution in [3.05, 3.63) is 63.6 Å². The van der Waals surface area contributed by atoms with Crippen LogP contribution in [0, 0.1) is 5.92 Å². The topological polar surface area (TPSA) is 70.6 Å². The molecule has 1 fully saturated rings. The first-order valence-corrected chi connectivity index (χ1v) is 10.4. The molecule has 0 heterocycles. The molecule has 0 spiro atoms. The molecular weight excluding hydrogens is 409 g/mol. The fourth-order valence-corrected chi connectivity index (χ4v) is 3.82. The zero-order chi connectivity index (χ0) is 20.8. The van der Waals surface area contributed by atoms with Gasteiger partial charge in [0.05, 0.1) is 16.3 Å². The van der Waals surface area contributed by atoms with Crippen molar-refractivity contribution in [1.82, 2.24) is 5.43 Å². The highest BCUT2D eigenvalue weighted by Gasteiger charge is 2.20. The minimum atomic E-state index is -0.315. The minimum Gasteiger partial charge on any atom is -0.322 e. The summed E-state index contributed by atoms with van der Waals surface area (Å²) in [6, 6.07) is 12.0. The highest BCUT2D eigenvalue weighted by atomic mass is 35.5. The van der Waals surface area contributed by atoms with Gasteiger partial charge in [-0.3, -0.25) is 9.59 Å². The Morgan fingerprint density at radius 3 is 2.34 bits per heavy atom. The number of rotatable bonds is 5. The summed E-state index contributed by atoms with van der Waals surface area (Å²) >= 11 is 11.9. The van der Waals surface area contributed by atoms with Crippen LogP contribution in [0.15, 0.2) is 47.6 Å². The second-order valence-corrected chi connectivity index (χ2v) is 8.01. The van der Waals surface area contributed by atoms with Gasteiger partial charge in [-0.05, 0) is 55.7 Å². The van der Waals surface area contributed by atoms with Gasteiger partial charge in [0.15, 0.2) is 0 Å². The SMILES string of the molecule is C/C(=N/NC(=O)C1CCCCC1)c1ccc(NC(=O)c2ccc(Cl)cc2Cl)cc1. The maximum Gasteiger partial charge on any atom is 0.257 e. The molecule has 0 bridgehead atoms. The first-order chi connectivity index (χ1) is 13.9. The van der Waals surface area contributed by atoms with Crippen LogP contribution in [-0.2, 0) is 4.79 Å². The summed E-state index contributed by atoms with van der Waals surface area (Å²) in [7, 11) is 0. The van der Waals surface area contributed by atoms with E-state index in [-0.39, 0.29) is 17.7 Å². The molecule has 2 aromatic rings. The van der Waals surface area contributed by atoms with Gasteiger partial charge < -0.3 is 5.32 Å². The highest BCUT2D eigenvalue weighted by molar-refractivity contribution is 6.37. The van der Waals surface area contributed by atoms with Gasteiger partial charge in [0.1, 0.15) is 0 Å². The van der Waals surface area contributed by atoms with Crippen LogP contribution in [0.2, 0.25) is 10.0 Å². The molecule has 0 saturated heterocycles. The number of carbonyl (C=O) groups excluding carboxylic acids is 2. The molecule has 0 atom stereocenters. The second kappa shape index (κ2) is 9.90. The van der Waals surface area contributed by atoms with Crippen molar-refractivity contribution < 1.29 is 9.59 Å². The van der Waals surface area contributed by atoms with E-state index in [1.165, 1.54) is 12.5 Å². The van der Waals surface area contributed by atoms with Crippen LogP contribution in [0.4, 0.5) is 5.69 Å². The van der Waals surface area contributed by atoms with Gasteiger partial charge in [-0.2, -0.15) is 5.10 Å². The molecule has 2 aromatic carbocycles. The van der Waals surface area contributed by atoms with Gasteiger partial charge in [0.2, 0.25) is 5.91 Å². The lowest BCUT2D eigenvalue weighted by Gasteiger charge is -2.19. The number of carbonyl (C=O) groups is 2. The standard InChI is InChI=1S/C22H23Cl2N3O2/c1-14(26-27-21(28)16-5-3-2-4-6-16)15-7-10-18(11-8-15)25-22(29)19-12-9-17(23)13-20(19)24/h7-13,16H,2-6H2,1H3,(H,25,29)(H,27,28)/b26-14-. The van der Waals surface area contributed by atoms with Crippen LogP contribution in [-0.4, -0.2) is 17.5 Å². The predicted octanol–water partition coefficient (Wildman–Crippen LogP) is 5.67. The molecule has 1 aliphatic carbocycles. The van der Waals surface area contributed by atoms with E-state index in [1.54, 1.807) is 24.3 Å². The van der Waals surface area contributed by atoms with E-state index in [4.69, 9.17) is 23.2 Å². The molecule has 3 rings (SSSR count). The van der Waals surface area contributed by atoms with Crippen LogP contribution in [0.3, 0.4) is 0 Å². The quantitative estimate of drug-likeness (QED) is 0.472.